The van der Waals surface area contributed by atoms with E-state index in [1.807, 2.05) is 0 Å². The van der Waals surface area contributed by atoms with E-state index in [0.717, 1.165) is 5.13 Å². The average molecular weight is 310 g/mol. The number of nitrogens with zero attached hydrogens (tertiary/aromatic N) is 1. The molecule has 0 aromatic carbocycles. The van der Waals surface area contributed by atoms with Crippen LogP contribution in [0, 0.1) is 11.3 Å². The number of anilines is 2. The number of carbonyl (C=O) groups is 1. The fourth-order valence-electron chi connectivity index (χ4n) is 1.92. The molecule has 1 saturated carbocycles. The van der Waals surface area contributed by atoms with E-state index in [-0.39, 0.29) is 11.3 Å². The first-order chi connectivity index (χ1) is 9.77. The number of carbonyl (C=O) groups excluding carboxylic acids is 1. The molecule has 1 aromatic rings. The number of hydrogen-bond acceptors (Lipinski definition) is 5. The summed E-state index contributed by atoms with van der Waals surface area (Å²) >= 11 is 1.35. The Morgan fingerprint density at radius 1 is 1.48 bits per heavy atom. The quantitative estimate of drug-likeness (QED) is 0.780. The fourth-order valence-corrected chi connectivity index (χ4v) is 2.79. The maximum Gasteiger partial charge on any atom is 0.265 e. The highest BCUT2D eigenvalue weighted by Crippen LogP contribution is 2.30. The highest BCUT2D eigenvalue weighted by Gasteiger charge is 2.23. The van der Waals surface area contributed by atoms with Gasteiger partial charge in [-0.25, -0.2) is 4.98 Å². The molecule has 21 heavy (non-hydrogen) atoms. The zero-order valence-electron chi connectivity index (χ0n) is 13.3. The molecule has 1 heterocycles. The molecular weight excluding hydrogens is 284 g/mol. The summed E-state index contributed by atoms with van der Waals surface area (Å²) < 4.78 is 0. The summed E-state index contributed by atoms with van der Waals surface area (Å²) in [5, 5.41) is 7.05. The van der Waals surface area contributed by atoms with Gasteiger partial charge >= 0.3 is 0 Å². The smallest absolute Gasteiger partial charge is 0.265 e. The average Bonchev–Trinajstić information content (AvgIpc) is 2.70. The molecule has 118 valence electrons. The van der Waals surface area contributed by atoms with Crippen LogP contribution in [0.2, 0.25) is 0 Å². The van der Waals surface area contributed by atoms with E-state index in [9.17, 15) is 4.79 Å². The van der Waals surface area contributed by atoms with Gasteiger partial charge in [-0.2, -0.15) is 0 Å². The minimum absolute atomic E-state index is 0.122. The minimum atomic E-state index is -0.122. The van der Waals surface area contributed by atoms with Crippen LogP contribution >= 0.6 is 11.3 Å². The van der Waals surface area contributed by atoms with E-state index in [4.69, 9.17) is 5.73 Å². The van der Waals surface area contributed by atoms with Crippen molar-refractivity contribution in [2.24, 2.45) is 11.3 Å². The Morgan fingerprint density at radius 3 is 2.67 bits per heavy atom. The summed E-state index contributed by atoms with van der Waals surface area (Å²) in [5.74, 6) is 0.591. The Balaban J connectivity index is 1.92. The topological polar surface area (TPSA) is 80.0 Å². The number of thiazole rings is 1. The van der Waals surface area contributed by atoms with Crippen LogP contribution in [0.3, 0.4) is 0 Å². The van der Waals surface area contributed by atoms with Crippen molar-refractivity contribution in [1.82, 2.24) is 10.3 Å². The third kappa shape index (κ3) is 4.09. The maximum absolute atomic E-state index is 12.2. The first-order valence-electron chi connectivity index (χ1n) is 7.58. The van der Waals surface area contributed by atoms with Crippen molar-refractivity contribution < 1.29 is 4.79 Å². The van der Waals surface area contributed by atoms with Crippen molar-refractivity contribution in [3.63, 3.8) is 0 Å². The van der Waals surface area contributed by atoms with Crippen LogP contribution in [0.4, 0.5) is 10.9 Å². The van der Waals surface area contributed by atoms with Crippen molar-refractivity contribution in [1.29, 1.82) is 0 Å². The number of aromatic nitrogens is 1. The maximum atomic E-state index is 12.2. The lowest BCUT2D eigenvalue weighted by molar-refractivity contribution is 0.0942. The van der Waals surface area contributed by atoms with E-state index in [0.29, 0.717) is 29.2 Å². The molecule has 2 rings (SSSR count). The zero-order valence-corrected chi connectivity index (χ0v) is 14.1. The molecule has 0 radical (unpaired) electrons. The van der Waals surface area contributed by atoms with Gasteiger partial charge in [0, 0.05) is 12.6 Å². The molecule has 1 aliphatic rings. The lowest BCUT2D eigenvalue weighted by Crippen LogP contribution is -2.33. The lowest BCUT2D eigenvalue weighted by atomic mass is 9.82. The molecule has 6 heteroatoms. The number of nitrogens with two attached hydrogens (primary N) is 1. The van der Waals surface area contributed by atoms with Crippen molar-refractivity contribution in [3.8, 4) is 0 Å². The Labute approximate surface area is 130 Å². The van der Waals surface area contributed by atoms with Gasteiger partial charge in [0.25, 0.3) is 5.91 Å². The largest absolute Gasteiger partial charge is 0.382 e. The molecule has 1 aliphatic carbocycles. The number of hydrogen-bond donors (Lipinski definition) is 3. The summed E-state index contributed by atoms with van der Waals surface area (Å²) in [6, 6.07) is 0.493. The second kappa shape index (κ2) is 6.22. The van der Waals surface area contributed by atoms with Gasteiger partial charge in [-0.3, -0.25) is 4.79 Å². The van der Waals surface area contributed by atoms with E-state index in [2.05, 4.69) is 43.3 Å². The summed E-state index contributed by atoms with van der Waals surface area (Å²) in [6.07, 6.45) is 3.60. The van der Waals surface area contributed by atoms with Gasteiger partial charge in [0.05, 0.1) is 0 Å². The summed E-state index contributed by atoms with van der Waals surface area (Å²) in [6.45, 7) is 9.30. The highest BCUT2D eigenvalue weighted by atomic mass is 32.1. The normalized spacial score (nSPS) is 17.1. The second-order valence-electron chi connectivity index (χ2n) is 6.98. The molecule has 5 nitrogen and oxygen atoms in total. The van der Waals surface area contributed by atoms with Crippen LogP contribution in [0.5, 0.6) is 0 Å². The molecule has 0 spiro atoms. The molecular formula is C15H26N4OS. The predicted octanol–water partition coefficient (Wildman–Crippen LogP) is 3.10. The number of amides is 1. The van der Waals surface area contributed by atoms with Gasteiger partial charge < -0.3 is 16.4 Å². The van der Waals surface area contributed by atoms with Crippen LogP contribution in [0.1, 0.15) is 56.6 Å². The minimum Gasteiger partial charge on any atom is -0.382 e. The number of rotatable bonds is 5. The van der Waals surface area contributed by atoms with E-state index in [1.165, 1.54) is 30.6 Å². The monoisotopic (exact) mass is 310 g/mol. The fraction of sp³-hybridized carbons (Fsp3) is 0.733. The van der Waals surface area contributed by atoms with Crippen LogP contribution in [-0.4, -0.2) is 23.5 Å². The van der Waals surface area contributed by atoms with Crippen LogP contribution < -0.4 is 16.4 Å². The van der Waals surface area contributed by atoms with Gasteiger partial charge in [0.15, 0.2) is 5.13 Å². The molecule has 1 aromatic heterocycles. The molecule has 1 fully saturated rings. The van der Waals surface area contributed by atoms with Gasteiger partial charge in [0.2, 0.25) is 0 Å². The first kappa shape index (κ1) is 16.1. The SMILES string of the molecule is CC(CNC(=O)c1sc(NC2CCC2)nc1N)C(C)(C)C. The van der Waals surface area contributed by atoms with E-state index < -0.39 is 0 Å². The first-order valence-corrected chi connectivity index (χ1v) is 8.40. The standard InChI is InChI=1S/C15H26N4OS/c1-9(15(2,3)4)8-17-13(20)11-12(16)19-14(21-11)18-10-6-5-7-10/h9-10H,5-8,16H2,1-4H3,(H,17,20)(H,18,19). The molecule has 0 bridgehead atoms. The zero-order chi connectivity index (χ0) is 15.6. The van der Waals surface area contributed by atoms with Gasteiger partial charge in [-0.1, -0.05) is 39.0 Å². The lowest BCUT2D eigenvalue weighted by Gasteiger charge is -2.27. The van der Waals surface area contributed by atoms with Crippen LogP contribution in [-0.2, 0) is 0 Å². The van der Waals surface area contributed by atoms with E-state index >= 15 is 0 Å². The molecule has 1 unspecified atom stereocenters. The van der Waals surface area contributed by atoms with Crippen LogP contribution in [0.15, 0.2) is 0 Å². The van der Waals surface area contributed by atoms with E-state index in [1.54, 1.807) is 0 Å². The highest BCUT2D eigenvalue weighted by molar-refractivity contribution is 7.18. The Morgan fingerprint density at radius 2 is 2.14 bits per heavy atom. The second-order valence-corrected chi connectivity index (χ2v) is 7.98. The third-order valence-electron chi connectivity index (χ3n) is 4.34. The number of nitrogen functional groups attached to an aromatic ring is 1. The van der Waals surface area contributed by atoms with Crippen molar-refractivity contribution in [3.05, 3.63) is 4.88 Å². The molecule has 0 aliphatic heterocycles. The molecule has 0 saturated heterocycles. The predicted molar refractivity (Wildman–Crippen MR) is 88.7 cm³/mol. The third-order valence-corrected chi connectivity index (χ3v) is 5.34. The van der Waals surface area contributed by atoms with Crippen molar-refractivity contribution >= 4 is 28.2 Å². The molecule has 1 amide bonds. The van der Waals surface area contributed by atoms with Crippen molar-refractivity contribution in [2.75, 3.05) is 17.6 Å². The summed E-state index contributed by atoms with van der Waals surface area (Å²) in [5.41, 5.74) is 6.04. The summed E-state index contributed by atoms with van der Waals surface area (Å²) in [4.78, 5) is 17.0. The van der Waals surface area contributed by atoms with Crippen LogP contribution in [0.25, 0.3) is 0 Å². The Kier molecular flexibility index (Phi) is 4.76. The molecule has 4 N–H and O–H groups in total. The Bertz CT molecular complexity index is 502. The molecule has 1 atom stereocenters. The Hall–Kier alpha value is -1.30. The number of nitrogens with one attached hydrogen (secondary N) is 2. The van der Waals surface area contributed by atoms with Crippen molar-refractivity contribution in [2.45, 2.75) is 53.0 Å². The van der Waals surface area contributed by atoms with Gasteiger partial charge in [0.1, 0.15) is 10.7 Å². The van der Waals surface area contributed by atoms with Gasteiger partial charge in [-0.15, -0.1) is 0 Å². The summed E-state index contributed by atoms with van der Waals surface area (Å²) in [7, 11) is 0. The van der Waals surface area contributed by atoms with Gasteiger partial charge in [-0.05, 0) is 30.6 Å².